The van der Waals surface area contributed by atoms with Crippen LogP contribution in [0.3, 0.4) is 0 Å². The van der Waals surface area contributed by atoms with E-state index >= 15 is 0 Å². The van der Waals surface area contributed by atoms with Crippen LogP contribution >= 0.6 is 34.2 Å². The summed E-state index contributed by atoms with van der Waals surface area (Å²) in [5.74, 6) is 0.0682. The number of hydrogen-bond donors (Lipinski definition) is 0. The predicted molar refractivity (Wildman–Crippen MR) is 93.7 cm³/mol. The molecule has 21 heavy (non-hydrogen) atoms. The minimum absolute atomic E-state index is 0.0682. The number of aryl methyl sites for hydroxylation is 1. The monoisotopic (exact) mass is 411 g/mol. The van der Waals surface area contributed by atoms with Crippen LogP contribution in [0, 0.1) is 3.57 Å². The Morgan fingerprint density at radius 1 is 1.14 bits per heavy atom. The van der Waals surface area contributed by atoms with Gasteiger partial charge in [0, 0.05) is 21.7 Å². The topological polar surface area (TPSA) is 20.3 Å². The van der Waals surface area contributed by atoms with Gasteiger partial charge in [-0.25, -0.2) is 0 Å². The van der Waals surface area contributed by atoms with Gasteiger partial charge in [-0.15, -0.1) is 0 Å². The molecule has 2 nitrogen and oxygen atoms in total. The van der Waals surface area contributed by atoms with E-state index in [0.29, 0.717) is 17.1 Å². The van der Waals surface area contributed by atoms with E-state index in [1.165, 1.54) is 11.1 Å². The zero-order valence-corrected chi connectivity index (χ0v) is 14.4. The zero-order valence-electron chi connectivity index (χ0n) is 11.5. The second kappa shape index (κ2) is 6.36. The second-order valence-corrected chi connectivity index (χ2v) is 6.82. The molecule has 0 saturated heterocycles. The van der Waals surface area contributed by atoms with Crippen molar-refractivity contribution in [3.8, 4) is 0 Å². The van der Waals surface area contributed by atoms with Gasteiger partial charge < -0.3 is 4.90 Å². The molecule has 0 radical (unpaired) electrons. The van der Waals surface area contributed by atoms with Crippen LogP contribution in [0.4, 0.5) is 0 Å². The third kappa shape index (κ3) is 3.24. The minimum Gasteiger partial charge on any atom is -0.334 e. The molecule has 0 aliphatic carbocycles. The van der Waals surface area contributed by atoms with Gasteiger partial charge in [-0.3, -0.25) is 4.79 Å². The lowest BCUT2D eigenvalue weighted by molar-refractivity contribution is 0.0745. The van der Waals surface area contributed by atoms with Crippen molar-refractivity contribution in [2.75, 3.05) is 6.54 Å². The van der Waals surface area contributed by atoms with E-state index in [2.05, 4.69) is 40.8 Å². The quantitative estimate of drug-likeness (QED) is 0.631. The SMILES string of the molecule is O=C(c1cc(Cl)ccc1I)N1CCCc2ccccc2C1. The van der Waals surface area contributed by atoms with Crippen LogP contribution in [0.2, 0.25) is 5.02 Å². The molecule has 0 bridgehead atoms. The van der Waals surface area contributed by atoms with E-state index in [1.807, 2.05) is 23.1 Å². The summed E-state index contributed by atoms with van der Waals surface area (Å²) in [6.07, 6.45) is 2.03. The van der Waals surface area contributed by atoms with Gasteiger partial charge in [-0.1, -0.05) is 35.9 Å². The molecule has 0 atom stereocenters. The highest BCUT2D eigenvalue weighted by molar-refractivity contribution is 14.1. The largest absolute Gasteiger partial charge is 0.334 e. The molecule has 1 aliphatic rings. The van der Waals surface area contributed by atoms with Crippen molar-refractivity contribution in [1.29, 1.82) is 0 Å². The zero-order chi connectivity index (χ0) is 14.8. The van der Waals surface area contributed by atoms with E-state index in [0.717, 1.165) is 23.0 Å². The minimum atomic E-state index is 0.0682. The number of carbonyl (C=O) groups excluding carboxylic acids is 1. The molecule has 1 heterocycles. The summed E-state index contributed by atoms with van der Waals surface area (Å²) >= 11 is 8.23. The van der Waals surface area contributed by atoms with Crippen LogP contribution in [0.5, 0.6) is 0 Å². The average Bonchev–Trinajstić information content (AvgIpc) is 2.71. The number of hydrogen-bond acceptors (Lipinski definition) is 1. The standard InChI is InChI=1S/C17H15ClINO/c18-14-7-8-16(19)15(10-14)17(21)20-9-3-6-12-4-1-2-5-13(12)11-20/h1-2,4-5,7-8,10H,3,6,9,11H2. The van der Waals surface area contributed by atoms with E-state index in [4.69, 9.17) is 11.6 Å². The Kier molecular flexibility index (Phi) is 4.50. The van der Waals surface area contributed by atoms with E-state index < -0.39 is 0 Å². The maximum absolute atomic E-state index is 12.8. The van der Waals surface area contributed by atoms with Gasteiger partial charge >= 0.3 is 0 Å². The first-order chi connectivity index (χ1) is 10.1. The molecule has 108 valence electrons. The number of fused-ring (bicyclic) bond motifs is 1. The highest BCUT2D eigenvalue weighted by Gasteiger charge is 2.21. The van der Waals surface area contributed by atoms with Crippen LogP contribution in [0.1, 0.15) is 27.9 Å². The van der Waals surface area contributed by atoms with Crippen LogP contribution in [-0.4, -0.2) is 17.4 Å². The maximum atomic E-state index is 12.8. The van der Waals surface area contributed by atoms with Crippen LogP contribution in [0.25, 0.3) is 0 Å². The van der Waals surface area contributed by atoms with Crippen molar-refractivity contribution in [1.82, 2.24) is 4.90 Å². The molecular formula is C17H15ClINO. The predicted octanol–water partition coefficient (Wildman–Crippen LogP) is 4.53. The molecule has 2 aromatic rings. The van der Waals surface area contributed by atoms with Crippen molar-refractivity contribution in [2.45, 2.75) is 19.4 Å². The molecule has 2 aromatic carbocycles. The maximum Gasteiger partial charge on any atom is 0.255 e. The molecule has 0 N–H and O–H groups in total. The first-order valence-electron chi connectivity index (χ1n) is 6.96. The van der Waals surface area contributed by atoms with Crippen molar-refractivity contribution in [3.63, 3.8) is 0 Å². The molecule has 0 fully saturated rings. The van der Waals surface area contributed by atoms with Gasteiger partial charge in [0.2, 0.25) is 0 Å². The van der Waals surface area contributed by atoms with Crippen LogP contribution < -0.4 is 0 Å². The van der Waals surface area contributed by atoms with Crippen LogP contribution in [0.15, 0.2) is 42.5 Å². The Bertz CT molecular complexity index is 686. The molecule has 0 unspecified atom stereocenters. The fourth-order valence-electron chi connectivity index (χ4n) is 2.71. The van der Waals surface area contributed by atoms with Gasteiger partial charge in [-0.05, 0) is 64.8 Å². The smallest absolute Gasteiger partial charge is 0.255 e. The van der Waals surface area contributed by atoms with Gasteiger partial charge in [-0.2, -0.15) is 0 Å². The fraction of sp³-hybridized carbons (Fsp3) is 0.235. The highest BCUT2D eigenvalue weighted by atomic mass is 127. The van der Waals surface area contributed by atoms with Crippen LogP contribution in [-0.2, 0) is 13.0 Å². The summed E-state index contributed by atoms with van der Waals surface area (Å²) < 4.78 is 0.944. The van der Waals surface area contributed by atoms with Gasteiger partial charge in [0.05, 0.1) is 5.56 Å². The Hall–Kier alpha value is -1.07. The third-order valence-electron chi connectivity index (χ3n) is 3.80. The number of benzene rings is 2. The van der Waals surface area contributed by atoms with Gasteiger partial charge in [0.1, 0.15) is 0 Å². The molecule has 0 aromatic heterocycles. The van der Waals surface area contributed by atoms with Crippen molar-refractivity contribution < 1.29 is 4.79 Å². The summed E-state index contributed by atoms with van der Waals surface area (Å²) in [7, 11) is 0. The lowest BCUT2D eigenvalue weighted by Crippen LogP contribution is -2.31. The Balaban J connectivity index is 1.90. The summed E-state index contributed by atoms with van der Waals surface area (Å²) in [6, 6.07) is 13.9. The summed E-state index contributed by atoms with van der Waals surface area (Å²) in [5, 5.41) is 0.606. The number of rotatable bonds is 1. The van der Waals surface area contributed by atoms with E-state index in [-0.39, 0.29) is 5.91 Å². The van der Waals surface area contributed by atoms with E-state index in [9.17, 15) is 4.79 Å². The van der Waals surface area contributed by atoms with Crippen molar-refractivity contribution >= 4 is 40.1 Å². The number of halogens is 2. The summed E-state index contributed by atoms with van der Waals surface area (Å²) in [6.45, 7) is 1.47. The number of nitrogens with zero attached hydrogens (tertiary/aromatic N) is 1. The van der Waals surface area contributed by atoms with E-state index in [1.54, 1.807) is 6.07 Å². The molecule has 0 spiro atoms. The molecular weight excluding hydrogens is 397 g/mol. The van der Waals surface area contributed by atoms with Crippen molar-refractivity contribution in [3.05, 3.63) is 67.7 Å². The second-order valence-electron chi connectivity index (χ2n) is 5.22. The highest BCUT2D eigenvalue weighted by Crippen LogP contribution is 2.23. The normalized spacial score (nSPS) is 14.5. The first-order valence-corrected chi connectivity index (χ1v) is 8.42. The molecule has 1 amide bonds. The fourth-order valence-corrected chi connectivity index (χ4v) is 3.44. The summed E-state index contributed by atoms with van der Waals surface area (Å²) in [5.41, 5.74) is 3.30. The Morgan fingerprint density at radius 3 is 2.71 bits per heavy atom. The van der Waals surface area contributed by atoms with Gasteiger partial charge in [0.15, 0.2) is 0 Å². The van der Waals surface area contributed by atoms with Crippen molar-refractivity contribution in [2.24, 2.45) is 0 Å². The molecule has 0 saturated carbocycles. The third-order valence-corrected chi connectivity index (χ3v) is 4.98. The molecule has 1 aliphatic heterocycles. The number of carbonyl (C=O) groups is 1. The lowest BCUT2D eigenvalue weighted by atomic mass is 10.0. The Morgan fingerprint density at radius 2 is 1.90 bits per heavy atom. The Labute approximate surface area is 143 Å². The average molecular weight is 412 g/mol. The van der Waals surface area contributed by atoms with Gasteiger partial charge in [0.25, 0.3) is 5.91 Å². The first kappa shape index (κ1) is 14.9. The lowest BCUT2D eigenvalue weighted by Gasteiger charge is -2.21. The number of amides is 1. The summed E-state index contributed by atoms with van der Waals surface area (Å²) in [4.78, 5) is 14.7. The molecule has 3 rings (SSSR count). The molecule has 4 heteroatoms.